The van der Waals surface area contributed by atoms with Gasteiger partial charge in [-0.05, 0) is 0 Å². The lowest BCUT2D eigenvalue weighted by molar-refractivity contribution is 0.0598. The Morgan fingerprint density at radius 3 is 1.07 bits per heavy atom. The first-order valence-electron chi connectivity index (χ1n) is 7.94. The molecule has 2 N–H and O–H groups in total. The molecule has 29 heavy (non-hydrogen) atoms. The lowest BCUT2D eigenvalue weighted by atomic mass is 10.7. The van der Waals surface area contributed by atoms with Gasteiger partial charge in [-0.2, -0.15) is 0 Å². The molecule has 0 rings (SSSR count). The Morgan fingerprint density at radius 1 is 0.586 bits per heavy atom. The highest BCUT2D eigenvalue weighted by Crippen LogP contribution is 1.92. The number of hydrogen-bond acceptors (Lipinski definition) is 10. The second-order valence-corrected chi connectivity index (χ2v) is 10.6. The van der Waals surface area contributed by atoms with Crippen LogP contribution in [0.3, 0.4) is 0 Å². The van der Waals surface area contributed by atoms with Crippen molar-refractivity contribution in [1.82, 2.24) is 0 Å². The van der Waals surface area contributed by atoms with Crippen molar-refractivity contribution in [3.63, 3.8) is 0 Å². The molecular formula is C16H30O10S3. The summed E-state index contributed by atoms with van der Waals surface area (Å²) in [6.07, 6.45) is 0. The summed E-state index contributed by atoms with van der Waals surface area (Å²) in [5, 5.41) is 18.7. The molecule has 0 saturated carbocycles. The van der Waals surface area contributed by atoms with Crippen LogP contribution in [0.4, 0.5) is 0 Å². The van der Waals surface area contributed by atoms with Crippen molar-refractivity contribution in [1.29, 1.82) is 0 Å². The Balaban J connectivity index is -0.000000504. The zero-order valence-corrected chi connectivity index (χ0v) is 18.6. The van der Waals surface area contributed by atoms with Crippen molar-refractivity contribution in [2.75, 3.05) is 51.1 Å². The maximum absolute atomic E-state index is 11.0. The average molecular weight is 479 g/mol. The molecule has 0 radical (unpaired) electrons. The van der Waals surface area contributed by atoms with Gasteiger partial charge in [0.25, 0.3) is 0 Å². The Labute approximate surface area is 173 Å². The molecule has 0 aliphatic carbocycles. The van der Waals surface area contributed by atoms with Crippen LogP contribution in [0.1, 0.15) is 0 Å². The van der Waals surface area contributed by atoms with Crippen molar-refractivity contribution in [3.8, 4) is 0 Å². The van der Waals surface area contributed by atoms with Gasteiger partial charge in [0.1, 0.15) is 0 Å². The van der Waals surface area contributed by atoms with Gasteiger partial charge in [-0.15, -0.1) is 0 Å². The number of aliphatic hydroxyl groups is 2. The molecule has 0 unspecified atom stereocenters. The maximum atomic E-state index is 11.0. The summed E-state index contributed by atoms with van der Waals surface area (Å²) in [5.74, 6) is -0.247. The first-order valence-corrected chi connectivity index (χ1v) is 13.0. The molecule has 0 saturated heterocycles. The van der Waals surface area contributed by atoms with Crippen molar-refractivity contribution in [3.05, 3.63) is 47.9 Å². The van der Waals surface area contributed by atoms with E-state index in [1.165, 1.54) is 0 Å². The summed E-state index contributed by atoms with van der Waals surface area (Å²) in [4.78, 5) is 0. The number of aliphatic hydroxyl groups excluding tert-OH is 2. The van der Waals surface area contributed by atoms with Crippen molar-refractivity contribution < 1.29 is 44.9 Å². The molecule has 0 aromatic rings. The van der Waals surface area contributed by atoms with Gasteiger partial charge in [0.05, 0.1) is 51.1 Å². The van der Waals surface area contributed by atoms with Crippen LogP contribution in [0.15, 0.2) is 47.9 Å². The molecule has 0 aromatic heterocycles. The minimum absolute atomic E-state index is 0.0582. The van der Waals surface area contributed by atoms with E-state index in [1.54, 1.807) is 0 Å². The first kappa shape index (κ1) is 32.3. The fourth-order valence-corrected chi connectivity index (χ4v) is 2.08. The summed E-state index contributed by atoms with van der Waals surface area (Å²) in [6, 6.07) is 0. The van der Waals surface area contributed by atoms with Crippen LogP contribution in [0.2, 0.25) is 0 Å². The van der Waals surface area contributed by atoms with E-state index in [-0.39, 0.29) is 51.1 Å². The number of hydrogen-bond donors (Lipinski definition) is 2. The van der Waals surface area contributed by atoms with Crippen molar-refractivity contribution in [2.45, 2.75) is 0 Å². The average Bonchev–Trinajstić information content (AvgIpc) is 2.70. The minimum atomic E-state index is -3.23. The largest absolute Gasteiger partial charge is 0.394 e. The maximum Gasteiger partial charge on any atom is 0.191 e. The third-order valence-electron chi connectivity index (χ3n) is 2.47. The molecule has 13 heteroatoms. The van der Waals surface area contributed by atoms with E-state index in [1.807, 2.05) is 0 Å². The summed E-state index contributed by atoms with van der Waals surface area (Å²) in [7, 11) is -9.59. The summed E-state index contributed by atoms with van der Waals surface area (Å²) in [6.45, 7) is 12.7. The van der Waals surface area contributed by atoms with Crippen molar-refractivity contribution >= 4 is 29.5 Å². The van der Waals surface area contributed by atoms with Crippen LogP contribution in [0.5, 0.6) is 0 Å². The zero-order valence-electron chi connectivity index (χ0n) is 16.2. The fourth-order valence-electron chi connectivity index (χ4n) is 0.907. The third kappa shape index (κ3) is 26.6. The lowest BCUT2D eigenvalue weighted by Gasteiger charge is -2.05. The molecule has 0 aliphatic heterocycles. The van der Waals surface area contributed by atoms with Gasteiger partial charge in [-0.1, -0.05) is 26.3 Å². The van der Waals surface area contributed by atoms with E-state index < -0.39 is 29.5 Å². The summed E-state index contributed by atoms with van der Waals surface area (Å²) < 4.78 is 74.2. The standard InChI is InChI=1S/C10H18O6S2.C4H6O2S.C2H6O2/c1-3-17(11,12)9-7-15-5-6-16-8-10-18(13,14)4-2;1-3-7(5,6)4-2;3-1-2-4/h3-4H,1-2,5-10H2;3-4H,1-2H2;3-4H,1-2H2. The Hall–Kier alpha value is -1.35. The molecule has 0 aliphatic rings. The molecular weight excluding hydrogens is 448 g/mol. The third-order valence-corrected chi connectivity index (χ3v) is 5.89. The molecule has 0 heterocycles. The molecule has 0 aromatic carbocycles. The molecule has 0 spiro atoms. The van der Waals surface area contributed by atoms with E-state index >= 15 is 0 Å². The van der Waals surface area contributed by atoms with Crippen LogP contribution in [-0.2, 0) is 39.0 Å². The molecule has 10 nitrogen and oxygen atoms in total. The van der Waals surface area contributed by atoms with Crippen LogP contribution >= 0.6 is 0 Å². The first-order chi connectivity index (χ1) is 13.4. The Morgan fingerprint density at radius 2 is 0.897 bits per heavy atom. The highest BCUT2D eigenvalue weighted by molar-refractivity contribution is 7.97. The predicted molar refractivity (Wildman–Crippen MR) is 113 cm³/mol. The van der Waals surface area contributed by atoms with E-state index in [9.17, 15) is 25.3 Å². The second-order valence-electron chi connectivity index (χ2n) is 4.66. The van der Waals surface area contributed by atoms with Crippen molar-refractivity contribution in [2.24, 2.45) is 0 Å². The predicted octanol–water partition coefficient (Wildman–Crippen LogP) is -0.205. The van der Waals surface area contributed by atoms with E-state index in [0.29, 0.717) is 0 Å². The van der Waals surface area contributed by atoms with E-state index in [0.717, 1.165) is 21.6 Å². The fraction of sp³-hybridized carbons (Fsp3) is 0.500. The Bertz CT molecular complexity index is 706. The van der Waals surface area contributed by atoms with Gasteiger partial charge in [0.2, 0.25) is 0 Å². The quantitative estimate of drug-likeness (QED) is 0.320. The lowest BCUT2D eigenvalue weighted by Crippen LogP contribution is -2.14. The van der Waals surface area contributed by atoms with Crippen LogP contribution in [-0.4, -0.2) is 86.6 Å². The van der Waals surface area contributed by atoms with E-state index in [2.05, 4.69) is 26.3 Å². The molecule has 0 atom stereocenters. The number of rotatable bonds is 14. The minimum Gasteiger partial charge on any atom is -0.394 e. The molecule has 0 bridgehead atoms. The number of sulfone groups is 3. The van der Waals surface area contributed by atoms with Gasteiger partial charge in [-0.3, -0.25) is 0 Å². The number of ether oxygens (including phenoxy) is 2. The molecule has 172 valence electrons. The highest BCUT2D eigenvalue weighted by Gasteiger charge is 2.05. The SMILES string of the molecule is C=CS(=O)(=O)C=C.C=CS(=O)(=O)CCOCCOCCS(=O)(=O)C=C.OCCO. The Kier molecular flexibility index (Phi) is 20.8. The summed E-state index contributed by atoms with van der Waals surface area (Å²) in [5.41, 5.74) is 0. The molecule has 0 amide bonds. The second kappa shape index (κ2) is 18.7. The zero-order chi connectivity index (χ0) is 23.4. The normalized spacial score (nSPS) is 11.1. The molecule has 0 fully saturated rings. The van der Waals surface area contributed by atoms with Crippen LogP contribution in [0, 0.1) is 0 Å². The van der Waals surface area contributed by atoms with Gasteiger partial charge >= 0.3 is 0 Å². The van der Waals surface area contributed by atoms with Gasteiger partial charge in [0, 0.05) is 21.6 Å². The smallest absolute Gasteiger partial charge is 0.191 e. The topological polar surface area (TPSA) is 161 Å². The highest BCUT2D eigenvalue weighted by atomic mass is 32.2. The van der Waals surface area contributed by atoms with Crippen LogP contribution < -0.4 is 0 Å². The van der Waals surface area contributed by atoms with Crippen LogP contribution in [0.25, 0.3) is 0 Å². The van der Waals surface area contributed by atoms with Gasteiger partial charge in [0.15, 0.2) is 29.5 Å². The van der Waals surface area contributed by atoms with Gasteiger partial charge < -0.3 is 19.7 Å². The monoisotopic (exact) mass is 478 g/mol. The summed E-state index contributed by atoms with van der Waals surface area (Å²) >= 11 is 0. The van der Waals surface area contributed by atoms with Gasteiger partial charge in [-0.25, -0.2) is 25.3 Å². The van der Waals surface area contributed by atoms with E-state index in [4.69, 9.17) is 19.7 Å².